The van der Waals surface area contributed by atoms with Crippen LogP contribution in [0.1, 0.15) is 88.3 Å². The highest BCUT2D eigenvalue weighted by Gasteiger charge is 2.34. The van der Waals surface area contributed by atoms with E-state index in [1.165, 1.54) is 33.8 Å². The van der Waals surface area contributed by atoms with Crippen molar-refractivity contribution in [3.8, 4) is 23.0 Å². The molecule has 2 aromatic rings. The highest BCUT2D eigenvalue weighted by atomic mass is 16.6. The molecule has 0 spiro atoms. The molecule has 0 aromatic heterocycles. The van der Waals surface area contributed by atoms with Gasteiger partial charge < -0.3 is 18.9 Å². The molecule has 1 aliphatic carbocycles. The molecule has 0 bridgehead atoms. The van der Waals surface area contributed by atoms with Gasteiger partial charge in [-0.15, -0.1) is 0 Å². The Morgan fingerprint density at radius 1 is 0.578 bits per heavy atom. The van der Waals surface area contributed by atoms with Gasteiger partial charge in [-0.05, 0) is 106 Å². The van der Waals surface area contributed by atoms with Crippen LogP contribution in [0.15, 0.2) is 23.8 Å². The second kappa shape index (κ2) is 15.9. The summed E-state index contributed by atoms with van der Waals surface area (Å²) in [5.41, 5.74) is 5.27. The summed E-state index contributed by atoms with van der Waals surface area (Å²) in [6.07, 6.45) is 1.79. The maximum atomic E-state index is 11.4. The van der Waals surface area contributed by atoms with Crippen LogP contribution in [0.4, 0.5) is 0 Å². The number of aryl methyl sites for hydroxylation is 2. The molecule has 10 heteroatoms. The fraction of sp³-hybridized carbons (Fsp3) is 0.429. The highest BCUT2D eigenvalue weighted by Crippen LogP contribution is 2.36. The van der Waals surface area contributed by atoms with Crippen LogP contribution in [0, 0.1) is 47.0 Å². The molecule has 45 heavy (non-hydrogen) atoms. The molecule has 0 amide bonds. The number of carbonyl (C=O) groups is 6. The lowest BCUT2D eigenvalue weighted by Crippen LogP contribution is -2.31. The summed E-state index contributed by atoms with van der Waals surface area (Å²) >= 11 is 0. The van der Waals surface area contributed by atoms with Gasteiger partial charge in [0.2, 0.25) is 0 Å². The van der Waals surface area contributed by atoms with Gasteiger partial charge in [0, 0.05) is 39.5 Å². The van der Waals surface area contributed by atoms with Gasteiger partial charge >= 0.3 is 23.9 Å². The zero-order valence-electron chi connectivity index (χ0n) is 28.5. The molecule has 0 aliphatic heterocycles. The van der Waals surface area contributed by atoms with Crippen LogP contribution in [-0.2, 0) is 28.8 Å². The van der Waals surface area contributed by atoms with E-state index in [1.807, 2.05) is 48.5 Å². The minimum atomic E-state index is -0.476. The lowest BCUT2D eigenvalue weighted by Gasteiger charge is -2.25. The molecule has 0 fully saturated rings. The minimum absolute atomic E-state index is 0.0621. The third-order valence-corrected chi connectivity index (χ3v) is 7.01. The number of Topliss-reactive ketones (excluding diaryl/α,β-unsaturated/α-hetero) is 1. The lowest BCUT2D eigenvalue weighted by atomic mass is 9.76. The number of esters is 4. The first-order valence-electron chi connectivity index (χ1n) is 14.3. The first-order chi connectivity index (χ1) is 20.6. The van der Waals surface area contributed by atoms with Gasteiger partial charge in [-0.3, -0.25) is 28.8 Å². The molecule has 3 rings (SSSR count). The van der Waals surface area contributed by atoms with Crippen LogP contribution in [-0.4, -0.2) is 35.4 Å². The second-order valence-corrected chi connectivity index (χ2v) is 11.6. The molecule has 0 unspecified atom stereocenters. The molecule has 244 valence electrons. The van der Waals surface area contributed by atoms with E-state index in [0.29, 0.717) is 29.2 Å². The summed E-state index contributed by atoms with van der Waals surface area (Å²) in [7, 11) is 0. The van der Waals surface area contributed by atoms with E-state index >= 15 is 0 Å². The normalized spacial score (nSPS) is 13.2. The summed E-state index contributed by atoms with van der Waals surface area (Å²) in [4.78, 5) is 66.3. The second-order valence-electron chi connectivity index (χ2n) is 11.6. The quantitative estimate of drug-likeness (QED) is 0.276. The lowest BCUT2D eigenvalue weighted by molar-refractivity contribution is -0.134. The summed E-state index contributed by atoms with van der Waals surface area (Å²) in [6, 6.07) is 3.39. The first kappa shape index (κ1) is 38.4. The van der Waals surface area contributed by atoms with Crippen molar-refractivity contribution < 1.29 is 47.7 Å². The number of carbonyl (C=O) groups excluding carboxylic acids is 6. The molecule has 0 saturated heterocycles. The van der Waals surface area contributed by atoms with Crippen LogP contribution < -0.4 is 18.9 Å². The Kier molecular flexibility index (Phi) is 13.6. The predicted octanol–water partition coefficient (Wildman–Crippen LogP) is 6.43. The Morgan fingerprint density at radius 3 is 1.47 bits per heavy atom. The smallest absolute Gasteiger partial charge is 0.308 e. The summed E-state index contributed by atoms with van der Waals surface area (Å²) in [5.74, 6) is 0.177. The van der Waals surface area contributed by atoms with Crippen LogP contribution in [0.5, 0.6) is 23.0 Å². The van der Waals surface area contributed by atoms with Crippen molar-refractivity contribution in [2.45, 2.75) is 96.4 Å². The first-order valence-corrected chi connectivity index (χ1v) is 14.3. The van der Waals surface area contributed by atoms with E-state index in [0.717, 1.165) is 33.4 Å². The average molecular weight is 625 g/mol. The van der Waals surface area contributed by atoms with E-state index in [4.69, 9.17) is 18.9 Å². The Labute approximate surface area is 265 Å². The Balaban J connectivity index is 0.000000346. The molecular weight excluding hydrogens is 580 g/mol. The van der Waals surface area contributed by atoms with Crippen LogP contribution in [0.25, 0.3) is 0 Å². The van der Waals surface area contributed by atoms with E-state index in [2.05, 4.69) is 0 Å². The average Bonchev–Trinajstić information content (AvgIpc) is 2.89. The van der Waals surface area contributed by atoms with Crippen LogP contribution in [0.2, 0.25) is 0 Å². The zero-order chi connectivity index (χ0) is 35.0. The van der Waals surface area contributed by atoms with E-state index < -0.39 is 17.4 Å². The predicted molar refractivity (Wildman–Crippen MR) is 169 cm³/mol. The molecule has 0 saturated carbocycles. The van der Waals surface area contributed by atoms with Gasteiger partial charge in [0.15, 0.2) is 23.1 Å². The summed E-state index contributed by atoms with van der Waals surface area (Å²) < 4.78 is 20.4. The number of ether oxygens (including phenoxy) is 4. The van der Waals surface area contributed by atoms with Crippen molar-refractivity contribution in [2.75, 3.05) is 0 Å². The van der Waals surface area contributed by atoms with Crippen molar-refractivity contribution in [1.29, 1.82) is 0 Å². The van der Waals surface area contributed by atoms with E-state index in [-0.39, 0.29) is 29.3 Å². The molecule has 10 nitrogen and oxygen atoms in total. The maximum Gasteiger partial charge on any atom is 0.308 e. The van der Waals surface area contributed by atoms with Gasteiger partial charge in [-0.1, -0.05) is 13.8 Å². The minimum Gasteiger partial charge on any atom is -0.426 e. The number of rotatable bonds is 4. The number of allylic oxidation sites excluding steroid dienone is 2. The van der Waals surface area contributed by atoms with Gasteiger partial charge in [-0.25, -0.2) is 0 Å². The summed E-state index contributed by atoms with van der Waals surface area (Å²) in [6.45, 7) is 21.8. The van der Waals surface area contributed by atoms with Crippen molar-refractivity contribution in [3.05, 3.63) is 57.2 Å². The van der Waals surface area contributed by atoms with Gasteiger partial charge in [0.25, 0.3) is 0 Å². The van der Waals surface area contributed by atoms with Gasteiger partial charge in [0.1, 0.15) is 11.5 Å². The fourth-order valence-electron chi connectivity index (χ4n) is 4.51. The van der Waals surface area contributed by atoms with E-state index in [1.54, 1.807) is 26.0 Å². The fourth-order valence-corrected chi connectivity index (χ4v) is 4.51. The SMILES string of the molecule is CC(=O)Oc1cc(C)c(C)c(C)c1OC(C)=O.CC(=O)Oc1cc(C)c(OC(C)=O)c(C)c1C.CC1=CC(=O)CC(C)(C)C1=O. The number of benzene rings is 2. The topological polar surface area (TPSA) is 139 Å². The van der Waals surface area contributed by atoms with Crippen molar-refractivity contribution in [2.24, 2.45) is 5.41 Å². The number of hydrogen-bond acceptors (Lipinski definition) is 10. The van der Waals surface area contributed by atoms with Crippen LogP contribution in [0.3, 0.4) is 0 Å². The number of hydrogen-bond donors (Lipinski definition) is 0. The third-order valence-electron chi connectivity index (χ3n) is 7.01. The van der Waals surface area contributed by atoms with Crippen LogP contribution >= 0.6 is 0 Å². The summed E-state index contributed by atoms with van der Waals surface area (Å²) in [5, 5.41) is 0. The molecule has 1 aliphatic rings. The molecule has 0 radical (unpaired) electrons. The van der Waals surface area contributed by atoms with Gasteiger partial charge in [-0.2, -0.15) is 0 Å². The van der Waals surface area contributed by atoms with E-state index in [9.17, 15) is 28.8 Å². The molecule has 0 atom stereocenters. The third kappa shape index (κ3) is 11.1. The monoisotopic (exact) mass is 624 g/mol. The largest absolute Gasteiger partial charge is 0.426 e. The molecule has 0 heterocycles. The van der Waals surface area contributed by atoms with Crippen molar-refractivity contribution >= 4 is 35.4 Å². The van der Waals surface area contributed by atoms with Crippen molar-refractivity contribution in [1.82, 2.24) is 0 Å². The molecule has 0 N–H and O–H groups in total. The Bertz CT molecular complexity index is 1560. The standard InChI is InChI=1S/2C13H16O4.C9H12O2/c1-7-6-12(16-10(4)14)8(2)9(3)13(7)17-11(5)15;1-7-6-12(16-10(4)14)13(17-11(5)15)9(3)8(7)2;1-6-4-7(10)5-9(2,3)8(6)11/h2*6H,1-5H3;4H,5H2,1-3H3. The van der Waals surface area contributed by atoms with Crippen molar-refractivity contribution in [3.63, 3.8) is 0 Å². The molecular formula is C35H44O10. The highest BCUT2D eigenvalue weighted by molar-refractivity contribution is 6.10. The number of ketones is 2. The molecule has 2 aromatic carbocycles. The van der Waals surface area contributed by atoms with Gasteiger partial charge in [0.05, 0.1) is 0 Å². The zero-order valence-corrected chi connectivity index (χ0v) is 28.5. The Hall–Kier alpha value is -4.60. The Morgan fingerprint density at radius 2 is 1.00 bits per heavy atom. The maximum absolute atomic E-state index is 11.4.